The average molecular weight is 701 g/mol. The van der Waals surface area contributed by atoms with Crippen LogP contribution >= 0.6 is 12.6 Å². The molecule has 0 aliphatic heterocycles. The monoisotopic (exact) mass is 701 g/mol. The Kier molecular flexibility index (Phi) is 36.3. The topological polar surface area (TPSA) is 76.0 Å². The lowest BCUT2D eigenvalue weighted by molar-refractivity contribution is -0.163. The van der Waals surface area contributed by atoms with E-state index in [0.29, 0.717) is 6.61 Å². The van der Waals surface area contributed by atoms with Crippen LogP contribution in [0, 0.1) is 0 Å². The lowest BCUT2D eigenvalue weighted by atomic mass is 9.88. The average Bonchev–Trinajstić information content (AvgIpc) is 3.08. The molecule has 48 heavy (non-hydrogen) atoms. The first-order chi connectivity index (χ1) is 23.4. The van der Waals surface area contributed by atoms with Gasteiger partial charge in [-0.15, -0.1) is 0 Å². The minimum Gasteiger partial charge on any atom is -0.464 e. The van der Waals surface area contributed by atoms with Gasteiger partial charge < -0.3 is 19.7 Å². The van der Waals surface area contributed by atoms with Gasteiger partial charge in [0.15, 0.2) is 6.10 Å². The Morgan fingerprint density at radius 1 is 0.542 bits per heavy atom. The number of esters is 1. The third-order valence-corrected chi connectivity index (χ3v) is 10.7. The normalized spacial score (nSPS) is 13.2. The summed E-state index contributed by atoms with van der Waals surface area (Å²) in [6, 6.07) is 0. The van der Waals surface area contributed by atoms with Crippen LogP contribution in [0.5, 0.6) is 0 Å². The molecule has 0 heterocycles. The van der Waals surface area contributed by atoms with Gasteiger partial charge in [0.1, 0.15) is 6.10 Å². The number of thiol groups is 1. The molecule has 0 aromatic rings. The lowest BCUT2D eigenvalue weighted by Crippen LogP contribution is -2.47. The van der Waals surface area contributed by atoms with Gasteiger partial charge in [-0.2, -0.15) is 12.6 Å². The second kappa shape index (κ2) is 36.5. The number of aliphatic hydroxyl groups excluding tert-OH is 2. The van der Waals surface area contributed by atoms with Crippen molar-refractivity contribution in [1.29, 1.82) is 0 Å². The molecule has 0 rings (SSSR count). The molecule has 0 aromatic carbocycles. The molecule has 0 bridgehead atoms. The van der Waals surface area contributed by atoms with Crippen molar-refractivity contribution in [1.82, 2.24) is 0 Å². The first-order valence-electron chi connectivity index (χ1n) is 21.2. The Hall–Kier alpha value is -0.300. The highest BCUT2D eigenvalue weighted by atomic mass is 32.1. The Labute approximate surface area is 305 Å². The molecule has 5 nitrogen and oxygen atoms in total. The van der Waals surface area contributed by atoms with Crippen molar-refractivity contribution in [3.63, 3.8) is 0 Å². The largest absolute Gasteiger partial charge is 0.464 e. The fraction of sp³-hybridized carbons (Fsp3) is 0.976. The number of carbonyl (C=O) groups is 1. The first-order valence-corrected chi connectivity index (χ1v) is 21.7. The fourth-order valence-electron chi connectivity index (χ4n) is 6.76. The van der Waals surface area contributed by atoms with Crippen molar-refractivity contribution in [2.45, 2.75) is 243 Å². The summed E-state index contributed by atoms with van der Waals surface area (Å²) in [5.74, 6) is -0.356. The third-order valence-electron chi connectivity index (χ3n) is 10.0. The Balaban J connectivity index is 4.98. The molecular formula is C42H84O5S. The predicted molar refractivity (Wildman–Crippen MR) is 210 cm³/mol. The van der Waals surface area contributed by atoms with E-state index < -0.39 is 23.6 Å². The molecule has 0 fully saturated rings. The molecule has 2 unspecified atom stereocenters. The second-order valence-corrected chi connectivity index (χ2v) is 15.8. The molecule has 0 saturated heterocycles. The number of rotatable bonds is 39. The summed E-state index contributed by atoms with van der Waals surface area (Å²) in [6.45, 7) is 6.70. The highest BCUT2D eigenvalue weighted by Crippen LogP contribution is 2.36. The van der Waals surface area contributed by atoms with Crippen LogP contribution in [0.1, 0.15) is 226 Å². The quantitative estimate of drug-likeness (QED) is 0.0338. The maximum Gasteiger partial charge on any atom is 0.336 e. The maximum atomic E-state index is 13.6. The molecule has 2 atom stereocenters. The third kappa shape index (κ3) is 29.4. The SMILES string of the molecule is CCCCCCCCCCCCOC(=O)C(OCC(O)CO)C(S)(CCCCCCCCCCCC)CCCCCCCCCCCC. The zero-order chi connectivity index (χ0) is 35.4. The molecule has 2 N–H and O–H groups in total. The van der Waals surface area contributed by atoms with Crippen molar-refractivity contribution < 1.29 is 24.5 Å². The molecule has 0 radical (unpaired) electrons. The van der Waals surface area contributed by atoms with E-state index in [9.17, 15) is 15.0 Å². The van der Waals surface area contributed by atoms with Crippen LogP contribution in [0.25, 0.3) is 0 Å². The molecule has 288 valence electrons. The number of unbranched alkanes of at least 4 members (excludes halogenated alkanes) is 27. The van der Waals surface area contributed by atoms with Crippen molar-refractivity contribution >= 4 is 18.6 Å². The standard InChI is InChI=1S/C42H84O5S/c1-4-7-10-13-16-19-22-25-28-31-34-42(48,35-32-29-26-23-20-17-14-11-8-5-2)40(47-38-39(44)37-43)41(45)46-36-33-30-27-24-21-18-15-12-9-6-3/h39-40,43-44,48H,4-38H2,1-3H3. The highest BCUT2D eigenvalue weighted by Gasteiger charge is 2.41. The van der Waals surface area contributed by atoms with Gasteiger partial charge in [0, 0.05) is 4.75 Å². The van der Waals surface area contributed by atoms with E-state index >= 15 is 0 Å². The summed E-state index contributed by atoms with van der Waals surface area (Å²) >= 11 is 5.23. The molecule has 0 aromatic heterocycles. The van der Waals surface area contributed by atoms with Crippen LogP contribution in [0.3, 0.4) is 0 Å². The van der Waals surface area contributed by atoms with Gasteiger partial charge in [-0.25, -0.2) is 4.79 Å². The van der Waals surface area contributed by atoms with Gasteiger partial charge in [-0.3, -0.25) is 0 Å². The van der Waals surface area contributed by atoms with Crippen LogP contribution in [-0.4, -0.2) is 53.0 Å². The zero-order valence-electron chi connectivity index (χ0n) is 32.5. The van der Waals surface area contributed by atoms with Crippen LogP contribution < -0.4 is 0 Å². The van der Waals surface area contributed by atoms with Crippen molar-refractivity contribution in [2.75, 3.05) is 19.8 Å². The zero-order valence-corrected chi connectivity index (χ0v) is 33.4. The van der Waals surface area contributed by atoms with E-state index in [1.807, 2.05) is 0 Å². The fourth-order valence-corrected chi connectivity index (χ4v) is 7.26. The maximum absolute atomic E-state index is 13.6. The molecule has 0 spiro atoms. The predicted octanol–water partition coefficient (Wildman–Crippen LogP) is 12.5. The summed E-state index contributed by atoms with van der Waals surface area (Å²) < 4.78 is 11.3. The molecule has 0 saturated carbocycles. The minimum atomic E-state index is -1.02. The Morgan fingerprint density at radius 3 is 1.19 bits per heavy atom. The van der Waals surface area contributed by atoms with E-state index in [1.165, 1.54) is 154 Å². The van der Waals surface area contributed by atoms with Gasteiger partial charge >= 0.3 is 5.97 Å². The van der Waals surface area contributed by atoms with Gasteiger partial charge in [0.2, 0.25) is 0 Å². The van der Waals surface area contributed by atoms with Crippen LogP contribution in [0.2, 0.25) is 0 Å². The van der Waals surface area contributed by atoms with E-state index in [2.05, 4.69) is 20.8 Å². The summed E-state index contributed by atoms with van der Waals surface area (Å²) in [6.07, 6.45) is 37.3. The number of carbonyl (C=O) groups excluding carboxylic acids is 1. The van der Waals surface area contributed by atoms with Gasteiger partial charge in [0.05, 0.1) is 19.8 Å². The smallest absolute Gasteiger partial charge is 0.336 e. The molecule has 0 aliphatic carbocycles. The number of ether oxygens (including phenoxy) is 2. The lowest BCUT2D eigenvalue weighted by Gasteiger charge is -2.36. The van der Waals surface area contributed by atoms with E-state index in [4.69, 9.17) is 22.1 Å². The summed E-state index contributed by atoms with van der Waals surface area (Å²) in [7, 11) is 0. The van der Waals surface area contributed by atoms with Crippen molar-refractivity contribution in [3.05, 3.63) is 0 Å². The number of hydrogen-bond acceptors (Lipinski definition) is 6. The minimum absolute atomic E-state index is 0.0904. The van der Waals surface area contributed by atoms with E-state index in [-0.39, 0.29) is 12.6 Å². The van der Waals surface area contributed by atoms with Crippen molar-refractivity contribution in [2.24, 2.45) is 0 Å². The Bertz CT molecular complexity index is 636. The summed E-state index contributed by atoms with van der Waals surface area (Å²) in [4.78, 5) is 13.6. The summed E-state index contributed by atoms with van der Waals surface area (Å²) in [5.41, 5.74) is 0. The van der Waals surface area contributed by atoms with Crippen LogP contribution in [0.4, 0.5) is 0 Å². The van der Waals surface area contributed by atoms with Crippen LogP contribution in [-0.2, 0) is 14.3 Å². The molecular weight excluding hydrogens is 617 g/mol. The molecule has 6 heteroatoms. The highest BCUT2D eigenvalue weighted by molar-refractivity contribution is 7.82. The number of aliphatic hydroxyl groups is 2. The van der Waals surface area contributed by atoms with Gasteiger partial charge in [0.25, 0.3) is 0 Å². The Morgan fingerprint density at radius 2 is 0.854 bits per heavy atom. The first kappa shape index (κ1) is 47.7. The number of hydrogen-bond donors (Lipinski definition) is 3. The van der Waals surface area contributed by atoms with E-state index in [0.717, 1.165) is 51.4 Å². The van der Waals surface area contributed by atoms with Gasteiger partial charge in [-0.1, -0.05) is 207 Å². The van der Waals surface area contributed by atoms with Gasteiger partial charge in [-0.05, 0) is 19.3 Å². The molecule has 0 aliphatic rings. The van der Waals surface area contributed by atoms with E-state index in [1.54, 1.807) is 0 Å². The summed E-state index contributed by atoms with van der Waals surface area (Å²) in [5, 5.41) is 19.6. The second-order valence-electron chi connectivity index (χ2n) is 14.9. The molecule has 0 amide bonds. The van der Waals surface area contributed by atoms with Crippen LogP contribution in [0.15, 0.2) is 0 Å². The van der Waals surface area contributed by atoms with Crippen molar-refractivity contribution in [3.8, 4) is 0 Å².